The van der Waals surface area contributed by atoms with E-state index in [2.05, 4.69) is 10.4 Å². The van der Waals surface area contributed by atoms with Crippen molar-refractivity contribution in [2.24, 2.45) is 0 Å². The lowest BCUT2D eigenvalue weighted by atomic mass is 10.2. The van der Waals surface area contributed by atoms with Crippen molar-refractivity contribution >= 4 is 5.91 Å². The molecule has 24 heavy (non-hydrogen) atoms. The van der Waals surface area contributed by atoms with Crippen LogP contribution in [0.25, 0.3) is 0 Å². The van der Waals surface area contributed by atoms with Gasteiger partial charge < -0.3 is 10.1 Å². The van der Waals surface area contributed by atoms with Gasteiger partial charge in [0.1, 0.15) is 18.4 Å². The number of nitrogens with zero attached hydrogens (tertiary/aromatic N) is 2. The molecule has 2 aromatic rings. The molecule has 0 bridgehead atoms. The first-order valence-electron chi connectivity index (χ1n) is 8.22. The van der Waals surface area contributed by atoms with Gasteiger partial charge in [-0.1, -0.05) is 18.2 Å². The summed E-state index contributed by atoms with van der Waals surface area (Å²) in [5.74, 6) is 0.524. The summed E-state index contributed by atoms with van der Waals surface area (Å²) in [7, 11) is 0. The minimum absolute atomic E-state index is 0.223. The van der Waals surface area contributed by atoms with Gasteiger partial charge in [-0.3, -0.25) is 9.59 Å². The van der Waals surface area contributed by atoms with Gasteiger partial charge in [-0.2, -0.15) is 5.10 Å². The molecule has 6 heteroatoms. The quantitative estimate of drug-likeness (QED) is 0.816. The third kappa shape index (κ3) is 3.64. The van der Waals surface area contributed by atoms with E-state index < -0.39 is 6.04 Å². The van der Waals surface area contributed by atoms with Gasteiger partial charge >= 0.3 is 0 Å². The Kier molecular flexibility index (Phi) is 4.93. The van der Waals surface area contributed by atoms with Crippen molar-refractivity contribution in [3.63, 3.8) is 0 Å². The van der Waals surface area contributed by atoms with Crippen LogP contribution in [0.5, 0.6) is 5.75 Å². The van der Waals surface area contributed by atoms with Crippen molar-refractivity contribution in [2.75, 3.05) is 13.2 Å². The molecule has 0 saturated heterocycles. The third-order valence-corrected chi connectivity index (χ3v) is 4.14. The predicted molar refractivity (Wildman–Crippen MR) is 90.2 cm³/mol. The Hall–Kier alpha value is -2.63. The SMILES string of the molecule is CC(C(=O)NCCOc1ccccc1)n1nc2c(cc1=O)CCC2. The van der Waals surface area contributed by atoms with E-state index in [1.54, 1.807) is 13.0 Å². The lowest BCUT2D eigenvalue weighted by molar-refractivity contribution is -0.124. The van der Waals surface area contributed by atoms with E-state index in [0.717, 1.165) is 36.3 Å². The van der Waals surface area contributed by atoms with Gasteiger partial charge in [-0.15, -0.1) is 0 Å². The zero-order chi connectivity index (χ0) is 16.9. The third-order valence-electron chi connectivity index (χ3n) is 4.14. The van der Waals surface area contributed by atoms with E-state index in [9.17, 15) is 9.59 Å². The summed E-state index contributed by atoms with van der Waals surface area (Å²) < 4.78 is 6.80. The molecule has 1 heterocycles. The lowest BCUT2D eigenvalue weighted by Gasteiger charge is -2.15. The molecule has 1 aliphatic rings. The van der Waals surface area contributed by atoms with Crippen molar-refractivity contribution in [3.05, 3.63) is 58.0 Å². The number of rotatable bonds is 6. The Morgan fingerprint density at radius 3 is 2.92 bits per heavy atom. The van der Waals surface area contributed by atoms with Crippen LogP contribution in [0, 0.1) is 0 Å². The molecule has 1 N–H and O–H groups in total. The monoisotopic (exact) mass is 327 g/mol. The van der Waals surface area contributed by atoms with E-state index in [-0.39, 0.29) is 11.5 Å². The zero-order valence-electron chi connectivity index (χ0n) is 13.7. The maximum absolute atomic E-state index is 12.2. The van der Waals surface area contributed by atoms with Crippen molar-refractivity contribution in [1.29, 1.82) is 0 Å². The second-order valence-electron chi connectivity index (χ2n) is 5.88. The fraction of sp³-hybridized carbons (Fsp3) is 0.389. The number of aromatic nitrogens is 2. The van der Waals surface area contributed by atoms with Crippen LogP contribution in [0.15, 0.2) is 41.2 Å². The maximum Gasteiger partial charge on any atom is 0.267 e. The predicted octanol–water partition coefficient (Wildman–Crippen LogP) is 1.49. The van der Waals surface area contributed by atoms with Crippen LogP contribution >= 0.6 is 0 Å². The van der Waals surface area contributed by atoms with Crippen LogP contribution in [0.3, 0.4) is 0 Å². The topological polar surface area (TPSA) is 73.2 Å². The number of carbonyl (C=O) groups excluding carboxylic acids is 1. The Labute approximate surface area is 140 Å². The molecule has 1 atom stereocenters. The maximum atomic E-state index is 12.2. The largest absolute Gasteiger partial charge is 0.492 e. The summed E-state index contributed by atoms with van der Waals surface area (Å²) in [4.78, 5) is 24.4. The van der Waals surface area contributed by atoms with Gasteiger partial charge in [0.25, 0.3) is 5.56 Å². The Balaban J connectivity index is 1.54. The molecular weight excluding hydrogens is 306 g/mol. The number of benzene rings is 1. The summed E-state index contributed by atoms with van der Waals surface area (Å²) in [6.07, 6.45) is 2.79. The molecule has 6 nitrogen and oxygen atoms in total. The zero-order valence-corrected chi connectivity index (χ0v) is 13.7. The van der Waals surface area contributed by atoms with Crippen molar-refractivity contribution in [3.8, 4) is 5.75 Å². The van der Waals surface area contributed by atoms with Gasteiger partial charge in [0, 0.05) is 6.07 Å². The highest BCUT2D eigenvalue weighted by molar-refractivity contribution is 5.79. The molecule has 1 aliphatic carbocycles. The second kappa shape index (κ2) is 7.29. The molecule has 1 aromatic heterocycles. The van der Waals surface area contributed by atoms with Gasteiger partial charge in [0.15, 0.2) is 0 Å². The first kappa shape index (κ1) is 16.2. The fourth-order valence-electron chi connectivity index (χ4n) is 2.81. The molecule has 3 rings (SSSR count). The van der Waals surface area contributed by atoms with Crippen LogP contribution in [0.1, 0.15) is 30.6 Å². The number of nitrogens with one attached hydrogen (secondary N) is 1. The number of hydrogen-bond donors (Lipinski definition) is 1. The van der Waals surface area contributed by atoms with E-state index in [0.29, 0.717) is 13.2 Å². The molecule has 1 aromatic carbocycles. The standard InChI is InChI=1S/C18H21N3O3/c1-13(21-17(22)12-14-6-5-9-16(14)20-21)18(23)19-10-11-24-15-7-3-2-4-8-15/h2-4,7-8,12-13H,5-6,9-11H2,1H3,(H,19,23). The van der Waals surface area contributed by atoms with Crippen molar-refractivity contribution in [2.45, 2.75) is 32.2 Å². The summed E-state index contributed by atoms with van der Waals surface area (Å²) in [6, 6.07) is 10.4. The van der Waals surface area contributed by atoms with Crippen LogP contribution in [0.4, 0.5) is 0 Å². The molecular formula is C18H21N3O3. The van der Waals surface area contributed by atoms with E-state index in [4.69, 9.17) is 4.74 Å². The van der Waals surface area contributed by atoms with Crippen LogP contribution in [-0.2, 0) is 17.6 Å². The fourth-order valence-corrected chi connectivity index (χ4v) is 2.81. The van der Waals surface area contributed by atoms with E-state index >= 15 is 0 Å². The van der Waals surface area contributed by atoms with Gasteiger partial charge in [0.2, 0.25) is 5.91 Å². The highest BCUT2D eigenvalue weighted by Crippen LogP contribution is 2.18. The average Bonchev–Trinajstić information content (AvgIpc) is 3.05. The second-order valence-corrected chi connectivity index (χ2v) is 5.88. The minimum Gasteiger partial charge on any atom is -0.492 e. The highest BCUT2D eigenvalue weighted by Gasteiger charge is 2.21. The molecule has 0 spiro atoms. The van der Waals surface area contributed by atoms with Crippen molar-refractivity contribution < 1.29 is 9.53 Å². The van der Waals surface area contributed by atoms with Crippen LogP contribution in [0.2, 0.25) is 0 Å². The minimum atomic E-state index is -0.639. The molecule has 0 radical (unpaired) electrons. The Morgan fingerprint density at radius 1 is 1.33 bits per heavy atom. The molecule has 0 saturated carbocycles. The number of para-hydroxylation sites is 1. The number of ether oxygens (including phenoxy) is 1. The van der Waals surface area contributed by atoms with Crippen molar-refractivity contribution in [1.82, 2.24) is 15.1 Å². The van der Waals surface area contributed by atoms with E-state index in [1.807, 2.05) is 30.3 Å². The lowest BCUT2D eigenvalue weighted by Crippen LogP contribution is -2.38. The molecule has 1 amide bonds. The van der Waals surface area contributed by atoms with Gasteiger partial charge in [-0.25, -0.2) is 4.68 Å². The molecule has 126 valence electrons. The summed E-state index contributed by atoms with van der Waals surface area (Å²) >= 11 is 0. The van der Waals surface area contributed by atoms with Crippen LogP contribution < -0.4 is 15.6 Å². The normalized spacial score (nSPS) is 14.0. The number of aryl methyl sites for hydroxylation is 2. The number of carbonyl (C=O) groups is 1. The smallest absolute Gasteiger partial charge is 0.267 e. The first-order valence-corrected chi connectivity index (χ1v) is 8.22. The van der Waals surface area contributed by atoms with E-state index in [1.165, 1.54) is 4.68 Å². The summed E-state index contributed by atoms with van der Waals surface area (Å²) in [5, 5.41) is 7.14. The average molecular weight is 327 g/mol. The summed E-state index contributed by atoms with van der Waals surface area (Å²) in [6.45, 7) is 2.43. The first-order chi connectivity index (χ1) is 11.6. The molecule has 0 aliphatic heterocycles. The number of fused-ring (bicyclic) bond motifs is 1. The van der Waals surface area contributed by atoms with Gasteiger partial charge in [-0.05, 0) is 43.9 Å². The Morgan fingerprint density at radius 2 is 2.12 bits per heavy atom. The van der Waals surface area contributed by atoms with Crippen LogP contribution in [-0.4, -0.2) is 28.8 Å². The summed E-state index contributed by atoms with van der Waals surface area (Å²) in [5.41, 5.74) is 1.72. The Bertz CT molecular complexity index is 771. The number of amides is 1. The molecule has 1 unspecified atom stereocenters. The molecule has 0 fully saturated rings. The van der Waals surface area contributed by atoms with Gasteiger partial charge in [0.05, 0.1) is 12.2 Å². The number of hydrogen-bond acceptors (Lipinski definition) is 4. The highest BCUT2D eigenvalue weighted by atomic mass is 16.5.